The number of aliphatic hydroxyl groups excluding tert-OH is 1. The minimum Gasteiger partial charge on any atom is -0.464 e. The van der Waals surface area contributed by atoms with Gasteiger partial charge in [-0.05, 0) is 36.2 Å². The van der Waals surface area contributed by atoms with Gasteiger partial charge in [0.2, 0.25) is 5.91 Å². The Bertz CT molecular complexity index is 786. The van der Waals surface area contributed by atoms with Gasteiger partial charge in [0.25, 0.3) is 0 Å². The number of hydrogen-bond donors (Lipinski definition) is 1. The molecule has 1 aliphatic heterocycles. The van der Waals surface area contributed by atoms with Crippen LogP contribution >= 0.6 is 0 Å². The molecule has 2 saturated carbocycles. The van der Waals surface area contributed by atoms with Crippen LogP contribution in [0.4, 0.5) is 0 Å². The number of carbonyl (C=O) groups excluding carboxylic acids is 2. The van der Waals surface area contributed by atoms with Crippen LogP contribution in [0, 0.1) is 16.2 Å². The fourth-order valence-electron chi connectivity index (χ4n) is 5.55. The van der Waals surface area contributed by atoms with Gasteiger partial charge >= 0.3 is 5.97 Å². The van der Waals surface area contributed by atoms with Crippen molar-refractivity contribution in [2.24, 2.45) is 16.2 Å². The minimum absolute atomic E-state index is 0.134. The molecule has 1 N–H and O–H groups in total. The Morgan fingerprint density at radius 1 is 1.27 bits per heavy atom. The molecule has 0 aromatic carbocycles. The van der Waals surface area contributed by atoms with Gasteiger partial charge in [0.15, 0.2) is 5.69 Å². The molecule has 0 unspecified atom stereocenters. The molecule has 3 aliphatic rings. The Balaban J connectivity index is 1.61. The van der Waals surface area contributed by atoms with E-state index >= 15 is 0 Å². The van der Waals surface area contributed by atoms with Crippen LogP contribution in [-0.2, 0) is 22.6 Å². The van der Waals surface area contributed by atoms with Gasteiger partial charge in [0.1, 0.15) is 0 Å². The highest BCUT2D eigenvalue weighted by atomic mass is 16.5. The molecule has 2 aliphatic carbocycles. The maximum atomic E-state index is 13.6. The zero-order chi connectivity index (χ0) is 18.9. The normalized spacial score (nSPS) is 34.7. The molecule has 1 aromatic rings. The molecule has 1 aromatic heterocycles. The predicted octanol–water partition coefficient (Wildman–Crippen LogP) is 1.59. The van der Waals surface area contributed by atoms with E-state index in [1.165, 1.54) is 7.11 Å². The third-order valence-electron chi connectivity index (χ3n) is 7.86. The van der Waals surface area contributed by atoms with Crippen molar-refractivity contribution >= 4 is 11.9 Å². The molecule has 2 fully saturated rings. The highest BCUT2D eigenvalue weighted by molar-refractivity contribution is 5.87. The number of methoxy groups -OCH3 is 1. The molecule has 0 spiro atoms. The van der Waals surface area contributed by atoms with Crippen LogP contribution < -0.4 is 0 Å². The molecule has 142 valence electrons. The molecule has 2 bridgehead atoms. The molecule has 7 heteroatoms. The lowest BCUT2D eigenvalue weighted by Crippen LogP contribution is -2.50. The van der Waals surface area contributed by atoms with Crippen molar-refractivity contribution in [3.63, 3.8) is 0 Å². The number of carbonyl (C=O) groups is 2. The fraction of sp³-hybridized carbons (Fsp3) is 0.737. The lowest BCUT2D eigenvalue weighted by molar-refractivity contribution is -0.149. The zero-order valence-electron chi connectivity index (χ0n) is 15.9. The van der Waals surface area contributed by atoms with E-state index in [1.807, 2.05) is 4.90 Å². The molecule has 0 saturated heterocycles. The largest absolute Gasteiger partial charge is 0.464 e. The molecule has 7 nitrogen and oxygen atoms in total. The summed E-state index contributed by atoms with van der Waals surface area (Å²) >= 11 is 0. The first kappa shape index (κ1) is 17.5. The standard InChI is InChI=1S/C19H27N3O4/c1-17(2)18(3)5-6-19(17,10-14(18)23)16(25)21-7-8-22-12(11-21)9-13(20-22)15(24)26-4/h9,14,23H,5-8,10-11H2,1-4H3/t14-,18+,19-/m0/s1. The molecular weight excluding hydrogens is 334 g/mol. The molecule has 3 atom stereocenters. The number of esters is 1. The average molecular weight is 361 g/mol. The van der Waals surface area contributed by atoms with E-state index in [0.717, 1.165) is 18.5 Å². The van der Waals surface area contributed by atoms with Crippen LogP contribution in [0.15, 0.2) is 6.07 Å². The summed E-state index contributed by atoms with van der Waals surface area (Å²) in [4.78, 5) is 27.2. The third kappa shape index (κ3) is 1.95. The molecule has 2 heterocycles. The number of rotatable bonds is 2. The Morgan fingerprint density at radius 2 is 2.00 bits per heavy atom. The second-order valence-electron chi connectivity index (χ2n) is 8.81. The SMILES string of the molecule is COC(=O)c1cc2n(n1)CCN(C(=O)[C@]13CC[C@](C)([C@@H](O)C1)C3(C)C)C2. The number of nitrogens with zero attached hydrogens (tertiary/aromatic N) is 3. The monoisotopic (exact) mass is 361 g/mol. The number of fused-ring (bicyclic) bond motifs is 3. The number of ether oxygens (including phenoxy) is 1. The zero-order valence-corrected chi connectivity index (χ0v) is 15.9. The summed E-state index contributed by atoms with van der Waals surface area (Å²) in [7, 11) is 1.33. The minimum atomic E-state index is -0.505. The summed E-state index contributed by atoms with van der Waals surface area (Å²) in [5.74, 6) is -0.329. The Labute approximate surface area is 153 Å². The van der Waals surface area contributed by atoms with E-state index in [0.29, 0.717) is 26.1 Å². The number of amides is 1. The van der Waals surface area contributed by atoms with Crippen LogP contribution in [0.25, 0.3) is 0 Å². The van der Waals surface area contributed by atoms with E-state index in [9.17, 15) is 14.7 Å². The molecular formula is C19H27N3O4. The summed E-state index contributed by atoms with van der Waals surface area (Å²) in [6.45, 7) is 7.96. The summed E-state index contributed by atoms with van der Waals surface area (Å²) in [5, 5.41) is 14.9. The molecule has 4 rings (SSSR count). The van der Waals surface area contributed by atoms with Crippen molar-refractivity contribution in [3.05, 3.63) is 17.5 Å². The van der Waals surface area contributed by atoms with E-state index in [1.54, 1.807) is 10.7 Å². The smallest absolute Gasteiger partial charge is 0.358 e. The van der Waals surface area contributed by atoms with Gasteiger partial charge in [-0.1, -0.05) is 20.8 Å². The topological polar surface area (TPSA) is 84.7 Å². The van der Waals surface area contributed by atoms with Gasteiger partial charge in [0, 0.05) is 6.54 Å². The highest BCUT2D eigenvalue weighted by Crippen LogP contribution is 2.72. The summed E-state index contributed by atoms with van der Waals surface area (Å²) < 4.78 is 6.51. The molecule has 0 radical (unpaired) electrons. The maximum absolute atomic E-state index is 13.6. The van der Waals surface area contributed by atoms with Gasteiger partial charge < -0.3 is 14.7 Å². The van der Waals surface area contributed by atoms with E-state index in [-0.39, 0.29) is 22.4 Å². The average Bonchev–Trinajstić information content (AvgIpc) is 3.17. The highest BCUT2D eigenvalue weighted by Gasteiger charge is 2.72. The molecule has 1 amide bonds. The van der Waals surface area contributed by atoms with Gasteiger partial charge in [-0.25, -0.2) is 4.79 Å². The van der Waals surface area contributed by atoms with Gasteiger partial charge in [-0.2, -0.15) is 5.10 Å². The lowest BCUT2D eigenvalue weighted by Gasteiger charge is -2.43. The van der Waals surface area contributed by atoms with E-state index in [2.05, 4.69) is 25.9 Å². The van der Waals surface area contributed by atoms with Crippen LogP contribution in [0.1, 0.15) is 56.2 Å². The first-order valence-electron chi connectivity index (χ1n) is 9.29. The van der Waals surface area contributed by atoms with Crippen molar-refractivity contribution in [2.45, 2.75) is 59.2 Å². The summed E-state index contributed by atoms with van der Waals surface area (Å²) in [6, 6.07) is 1.70. The van der Waals surface area contributed by atoms with Crippen molar-refractivity contribution in [3.8, 4) is 0 Å². The number of hydrogen-bond acceptors (Lipinski definition) is 5. The van der Waals surface area contributed by atoms with Crippen molar-refractivity contribution in [1.82, 2.24) is 14.7 Å². The summed E-state index contributed by atoms with van der Waals surface area (Å²) in [5.41, 5.74) is 0.164. The van der Waals surface area contributed by atoms with Crippen molar-refractivity contribution < 1.29 is 19.4 Å². The Morgan fingerprint density at radius 3 is 2.58 bits per heavy atom. The second-order valence-corrected chi connectivity index (χ2v) is 8.81. The fourth-order valence-corrected chi connectivity index (χ4v) is 5.55. The van der Waals surface area contributed by atoms with Crippen molar-refractivity contribution in [2.75, 3.05) is 13.7 Å². The predicted molar refractivity (Wildman–Crippen MR) is 93.2 cm³/mol. The van der Waals surface area contributed by atoms with Crippen LogP contribution in [0.5, 0.6) is 0 Å². The second kappa shape index (κ2) is 5.31. The maximum Gasteiger partial charge on any atom is 0.358 e. The number of aromatic nitrogens is 2. The quantitative estimate of drug-likeness (QED) is 0.809. The van der Waals surface area contributed by atoms with Crippen molar-refractivity contribution in [1.29, 1.82) is 0 Å². The van der Waals surface area contributed by atoms with E-state index < -0.39 is 17.5 Å². The first-order valence-corrected chi connectivity index (χ1v) is 9.29. The third-order valence-corrected chi connectivity index (χ3v) is 7.86. The van der Waals surface area contributed by atoms with Crippen LogP contribution in [0.3, 0.4) is 0 Å². The van der Waals surface area contributed by atoms with Gasteiger partial charge in [0.05, 0.1) is 37.4 Å². The van der Waals surface area contributed by atoms with Crippen LogP contribution in [-0.4, -0.2) is 51.4 Å². The summed E-state index contributed by atoms with van der Waals surface area (Å²) in [6.07, 6.45) is 1.82. The van der Waals surface area contributed by atoms with Gasteiger partial charge in [-0.3, -0.25) is 9.48 Å². The van der Waals surface area contributed by atoms with Crippen LogP contribution in [0.2, 0.25) is 0 Å². The Hall–Kier alpha value is -1.89. The molecule has 26 heavy (non-hydrogen) atoms. The lowest BCUT2D eigenvalue weighted by atomic mass is 9.64. The Kier molecular flexibility index (Phi) is 3.58. The van der Waals surface area contributed by atoms with Gasteiger partial charge in [-0.15, -0.1) is 0 Å². The number of aliphatic hydroxyl groups is 1. The van der Waals surface area contributed by atoms with E-state index in [4.69, 9.17) is 4.74 Å². The first-order chi connectivity index (χ1) is 12.2.